The van der Waals surface area contributed by atoms with Crippen LogP contribution in [-0.2, 0) is 15.7 Å². The monoisotopic (exact) mass is 718 g/mol. The van der Waals surface area contributed by atoms with Crippen LogP contribution in [0.2, 0.25) is 0 Å². The van der Waals surface area contributed by atoms with Gasteiger partial charge in [-0.05, 0) is 80.2 Å². The highest BCUT2D eigenvalue weighted by Gasteiger charge is 2.56. The number of rotatable bonds is 8. The van der Waals surface area contributed by atoms with Gasteiger partial charge in [-0.3, -0.25) is 4.79 Å². The number of aromatic nitrogens is 4. The molecule has 4 aliphatic rings. The summed E-state index contributed by atoms with van der Waals surface area (Å²) in [6.45, 7) is 4.56. The molecule has 274 valence electrons. The number of carbonyl (C=O) groups excluding carboxylic acids is 1. The molecule has 2 saturated heterocycles. The fourth-order valence-corrected chi connectivity index (χ4v) is 9.06. The molecular weight excluding hydrogens is 677 g/mol. The van der Waals surface area contributed by atoms with E-state index in [0.29, 0.717) is 48.7 Å². The number of halogens is 3. The van der Waals surface area contributed by atoms with E-state index in [4.69, 9.17) is 9.47 Å². The summed E-state index contributed by atoms with van der Waals surface area (Å²) in [5.74, 6) is -0.908. The number of carboxylic acid groups (broad SMARTS) is 1. The average molecular weight is 719 g/mol. The lowest BCUT2D eigenvalue weighted by Gasteiger charge is -2.33. The smallest absolute Gasteiger partial charge is 0.434 e. The van der Waals surface area contributed by atoms with Gasteiger partial charge in [-0.2, -0.15) is 13.2 Å². The Bertz CT molecular complexity index is 1970. The Kier molecular flexibility index (Phi) is 8.83. The summed E-state index contributed by atoms with van der Waals surface area (Å²) in [7, 11) is 0. The lowest BCUT2D eigenvalue weighted by Crippen LogP contribution is -2.57. The van der Waals surface area contributed by atoms with Gasteiger partial charge in [-0.25, -0.2) is 19.7 Å². The van der Waals surface area contributed by atoms with Crippen LogP contribution in [0.3, 0.4) is 0 Å². The molecule has 8 rings (SSSR count). The molecule has 11 nitrogen and oxygen atoms in total. The normalized spacial score (nSPS) is 26.5. The fourth-order valence-electron chi connectivity index (χ4n) is 9.06. The maximum atomic E-state index is 14.7. The third kappa shape index (κ3) is 6.35. The summed E-state index contributed by atoms with van der Waals surface area (Å²) in [5, 5.41) is 13.6. The molecule has 4 fully saturated rings. The number of hydrogen-bond acceptors (Lipinski definition) is 8. The molecule has 2 saturated carbocycles. The van der Waals surface area contributed by atoms with Crippen LogP contribution in [0, 0.1) is 17.8 Å². The SMILES string of the molecule is CC1CC2CC(C1)C(NC(=O)c1ccc(-c3cn(C4CCOC4)c4cc(OC5CCN(c6ncccn6)CC5)ccc34)nc1C(F)(F)F)(C(=O)O)C2. The first-order chi connectivity index (χ1) is 25.0. The van der Waals surface area contributed by atoms with Gasteiger partial charge in [-0.1, -0.05) is 6.92 Å². The number of aliphatic carboxylic acids is 1. The Balaban J connectivity index is 1.09. The Morgan fingerprint density at radius 3 is 2.56 bits per heavy atom. The number of carboxylic acids is 1. The number of hydrogen-bond donors (Lipinski definition) is 2. The minimum absolute atomic E-state index is 0.0303. The van der Waals surface area contributed by atoms with E-state index >= 15 is 0 Å². The van der Waals surface area contributed by atoms with Crippen LogP contribution in [0.5, 0.6) is 5.75 Å². The number of amides is 1. The van der Waals surface area contributed by atoms with Crippen molar-refractivity contribution in [3.63, 3.8) is 0 Å². The Hall–Kier alpha value is -4.72. The van der Waals surface area contributed by atoms with E-state index in [2.05, 4.69) is 25.2 Å². The number of ether oxygens (including phenoxy) is 2. The van der Waals surface area contributed by atoms with Crippen molar-refractivity contribution in [1.29, 1.82) is 0 Å². The second-order valence-corrected chi connectivity index (χ2v) is 14.9. The highest BCUT2D eigenvalue weighted by molar-refractivity contribution is 6.00. The Labute approximate surface area is 298 Å². The van der Waals surface area contributed by atoms with Crippen LogP contribution in [-0.4, -0.2) is 74.4 Å². The summed E-state index contributed by atoms with van der Waals surface area (Å²) >= 11 is 0. The number of anilines is 1. The minimum atomic E-state index is -4.97. The summed E-state index contributed by atoms with van der Waals surface area (Å²) in [5.41, 5.74) is -2.36. The third-order valence-electron chi connectivity index (χ3n) is 11.4. The highest BCUT2D eigenvalue weighted by atomic mass is 19.4. The van der Waals surface area contributed by atoms with E-state index in [-0.39, 0.29) is 42.0 Å². The number of nitrogens with zero attached hydrogens (tertiary/aromatic N) is 5. The van der Waals surface area contributed by atoms with Gasteiger partial charge in [0.25, 0.3) is 5.91 Å². The van der Waals surface area contributed by atoms with Gasteiger partial charge in [0.05, 0.1) is 29.4 Å². The summed E-state index contributed by atoms with van der Waals surface area (Å²) in [6.07, 6.45) is 4.79. The van der Waals surface area contributed by atoms with Gasteiger partial charge in [-0.15, -0.1) is 0 Å². The van der Waals surface area contributed by atoms with Gasteiger partial charge in [0.15, 0.2) is 5.69 Å². The highest BCUT2D eigenvalue weighted by Crippen LogP contribution is 2.51. The molecule has 2 aliphatic carbocycles. The molecule has 2 bridgehead atoms. The number of piperidine rings is 1. The second kappa shape index (κ2) is 13.4. The van der Waals surface area contributed by atoms with Crippen molar-refractivity contribution >= 4 is 28.7 Å². The van der Waals surface area contributed by atoms with Gasteiger partial charge in [0.1, 0.15) is 17.4 Å². The van der Waals surface area contributed by atoms with Crippen molar-refractivity contribution in [2.75, 3.05) is 31.2 Å². The number of alkyl halides is 3. The number of pyridine rings is 1. The molecule has 3 aromatic heterocycles. The minimum Gasteiger partial charge on any atom is -0.490 e. The van der Waals surface area contributed by atoms with Crippen molar-refractivity contribution in [3.8, 4) is 17.0 Å². The molecule has 4 aromatic rings. The van der Waals surface area contributed by atoms with E-state index in [1.807, 2.05) is 29.7 Å². The number of benzene rings is 1. The van der Waals surface area contributed by atoms with E-state index < -0.39 is 34.8 Å². The zero-order valence-corrected chi connectivity index (χ0v) is 28.8. The molecule has 5 atom stereocenters. The zero-order valence-electron chi connectivity index (χ0n) is 28.8. The van der Waals surface area contributed by atoms with E-state index in [0.717, 1.165) is 50.4 Å². The standard InChI is InChI=1S/C38H41F3N6O5/c1-22-15-23-17-24(16-22)37(19-23,35(49)50)45-34(48)29-5-6-31(44-33(29)38(39,40)41)30-20-47(25-9-14-51-21-25)32-18-27(3-4-28(30)32)52-26-7-12-46(13-8-26)36-42-10-2-11-43-36/h2-6,10-11,18,20,22-26H,7-9,12-17,19,21H2,1H3,(H,45,48)(H,49,50). The number of nitrogens with one attached hydrogen (secondary N) is 1. The quantitative estimate of drug-likeness (QED) is 0.209. The molecule has 0 spiro atoms. The first kappa shape index (κ1) is 34.4. The van der Waals surface area contributed by atoms with Crippen LogP contribution >= 0.6 is 0 Å². The molecule has 2 aliphatic heterocycles. The maximum absolute atomic E-state index is 14.7. The molecule has 2 N–H and O–H groups in total. The first-order valence-electron chi connectivity index (χ1n) is 18.0. The number of carbonyl (C=O) groups is 2. The van der Waals surface area contributed by atoms with E-state index in [9.17, 15) is 27.9 Å². The van der Waals surface area contributed by atoms with Crippen LogP contribution in [0.4, 0.5) is 19.1 Å². The predicted molar refractivity (Wildman–Crippen MR) is 185 cm³/mol. The Morgan fingerprint density at radius 1 is 1.06 bits per heavy atom. The molecule has 5 unspecified atom stereocenters. The fraction of sp³-hybridized carbons (Fsp3) is 0.500. The van der Waals surface area contributed by atoms with E-state index in [1.165, 1.54) is 6.07 Å². The van der Waals surface area contributed by atoms with Gasteiger partial charge < -0.3 is 29.4 Å². The van der Waals surface area contributed by atoms with Crippen molar-refractivity contribution in [3.05, 3.63) is 66.2 Å². The van der Waals surface area contributed by atoms with Crippen molar-refractivity contribution in [2.45, 2.75) is 75.7 Å². The van der Waals surface area contributed by atoms with Crippen LogP contribution < -0.4 is 15.0 Å². The number of fused-ring (bicyclic) bond motifs is 3. The summed E-state index contributed by atoms with van der Waals surface area (Å²) in [4.78, 5) is 41.1. The van der Waals surface area contributed by atoms with Crippen molar-refractivity contribution < 1.29 is 37.3 Å². The zero-order chi connectivity index (χ0) is 36.2. The molecule has 1 aromatic carbocycles. The lowest BCUT2D eigenvalue weighted by molar-refractivity contribution is -0.146. The van der Waals surface area contributed by atoms with Crippen molar-refractivity contribution in [1.82, 2.24) is 24.8 Å². The molecule has 1 amide bonds. The predicted octanol–water partition coefficient (Wildman–Crippen LogP) is 6.53. The van der Waals surface area contributed by atoms with E-state index in [1.54, 1.807) is 24.7 Å². The van der Waals surface area contributed by atoms with Gasteiger partial charge in [0, 0.05) is 68.1 Å². The average Bonchev–Trinajstić information content (AvgIpc) is 3.85. The van der Waals surface area contributed by atoms with Crippen LogP contribution in [0.25, 0.3) is 22.2 Å². The maximum Gasteiger partial charge on any atom is 0.434 e. The first-order valence-corrected chi connectivity index (χ1v) is 18.0. The lowest BCUT2D eigenvalue weighted by atomic mass is 9.78. The topological polar surface area (TPSA) is 132 Å². The molecule has 14 heteroatoms. The molecular formula is C38H41F3N6O5. The van der Waals surface area contributed by atoms with Crippen LogP contribution in [0.15, 0.2) is 55.0 Å². The van der Waals surface area contributed by atoms with Crippen LogP contribution in [0.1, 0.15) is 74.0 Å². The summed E-state index contributed by atoms with van der Waals surface area (Å²) < 4.78 is 58.2. The third-order valence-corrected chi connectivity index (χ3v) is 11.4. The largest absolute Gasteiger partial charge is 0.490 e. The molecule has 5 heterocycles. The summed E-state index contributed by atoms with van der Waals surface area (Å²) in [6, 6.07) is 9.85. The Morgan fingerprint density at radius 2 is 1.85 bits per heavy atom. The van der Waals surface area contributed by atoms with Gasteiger partial charge >= 0.3 is 12.1 Å². The molecule has 0 radical (unpaired) electrons. The van der Waals surface area contributed by atoms with Gasteiger partial charge in [0.2, 0.25) is 5.95 Å². The van der Waals surface area contributed by atoms with Crippen molar-refractivity contribution in [2.24, 2.45) is 17.8 Å². The molecule has 52 heavy (non-hydrogen) atoms. The second-order valence-electron chi connectivity index (χ2n) is 14.9.